The van der Waals surface area contributed by atoms with Gasteiger partial charge >= 0.3 is 6.16 Å². The fraction of sp³-hybridized carbons (Fsp3) is 0.750. The molecule has 0 spiro atoms. The van der Waals surface area contributed by atoms with Crippen LogP contribution in [-0.2, 0) is 19.3 Å². The second kappa shape index (κ2) is 18.0. The van der Waals surface area contributed by atoms with E-state index < -0.39 is 6.16 Å². The summed E-state index contributed by atoms with van der Waals surface area (Å²) in [6, 6.07) is 0. The Kier molecular flexibility index (Phi) is 16.1. The smallest absolute Gasteiger partial charge is 0.504 e. The van der Waals surface area contributed by atoms with Gasteiger partial charge in [-0.2, -0.15) is 0 Å². The number of aromatic hydroxyl groups is 1. The maximum Gasteiger partial charge on any atom is 0.511 e. The van der Waals surface area contributed by atoms with Gasteiger partial charge in [-0.1, -0.05) is 109 Å². The molecule has 0 aliphatic carbocycles. The molecule has 0 unspecified atom stereocenters. The fourth-order valence-electron chi connectivity index (χ4n) is 4.56. The van der Waals surface area contributed by atoms with Crippen molar-refractivity contribution in [1.82, 2.24) is 0 Å². The highest BCUT2D eigenvalue weighted by Crippen LogP contribution is 2.44. The number of phenols is 1. The van der Waals surface area contributed by atoms with Gasteiger partial charge in [0, 0.05) is 5.56 Å². The molecule has 1 rings (SSSR count). The lowest BCUT2D eigenvalue weighted by molar-refractivity contribution is 0.142. The molecule has 0 atom stereocenters. The van der Waals surface area contributed by atoms with Crippen LogP contribution in [0.1, 0.15) is 134 Å². The van der Waals surface area contributed by atoms with Crippen LogP contribution < -0.4 is 4.74 Å². The monoisotopic (exact) mass is 482 g/mol. The Morgan fingerprint density at radius 3 is 1.48 bits per heavy atom. The Balaban J connectivity index is 3.22. The van der Waals surface area contributed by atoms with Gasteiger partial charge < -0.3 is 14.9 Å². The molecule has 0 saturated carbocycles. The highest BCUT2D eigenvalue weighted by Gasteiger charge is 2.25. The van der Waals surface area contributed by atoms with Crippen LogP contribution in [0.5, 0.6) is 11.5 Å². The number of carboxylic acid groups (broad SMARTS) is 1. The van der Waals surface area contributed by atoms with E-state index in [1.165, 1.54) is 57.8 Å². The fourth-order valence-corrected chi connectivity index (χ4v) is 4.90. The molecule has 0 radical (unpaired) electrons. The summed E-state index contributed by atoms with van der Waals surface area (Å²) >= 11 is 6.69. The SMILES string of the molecule is CCCCCCCc1c(O)c(OC(=O)O)c(Cl)c(CCCCCCC)c1CCCCCCC. The lowest BCUT2D eigenvalue weighted by Gasteiger charge is -2.21. The second-order valence-corrected chi connectivity index (χ2v) is 9.67. The predicted molar refractivity (Wildman–Crippen MR) is 139 cm³/mol. The standard InChI is InChI=1S/C28H47ClO4/c1-4-7-10-13-16-19-22-23(20-17-14-11-8-5-2)25(29)27(33-28(31)32)26(30)24(22)21-18-15-12-9-6-3/h30H,4-21H2,1-3H3,(H,31,32). The largest absolute Gasteiger partial charge is 0.511 e. The minimum atomic E-state index is -1.44. The Morgan fingerprint density at radius 1 is 0.667 bits per heavy atom. The summed E-state index contributed by atoms with van der Waals surface area (Å²) in [6.45, 7) is 6.62. The molecule has 1 aromatic rings. The van der Waals surface area contributed by atoms with E-state index in [0.717, 1.165) is 74.5 Å². The lowest BCUT2D eigenvalue weighted by Crippen LogP contribution is -2.10. The van der Waals surface area contributed by atoms with Gasteiger partial charge in [0.2, 0.25) is 0 Å². The van der Waals surface area contributed by atoms with Crippen molar-refractivity contribution in [3.63, 3.8) is 0 Å². The lowest BCUT2D eigenvalue weighted by atomic mass is 9.88. The second-order valence-electron chi connectivity index (χ2n) is 9.29. The molecule has 0 amide bonds. The third kappa shape index (κ3) is 11.0. The summed E-state index contributed by atoms with van der Waals surface area (Å²) in [4.78, 5) is 11.3. The van der Waals surface area contributed by atoms with E-state index >= 15 is 0 Å². The predicted octanol–water partition coefficient (Wildman–Crippen LogP) is 9.64. The topological polar surface area (TPSA) is 66.8 Å². The zero-order valence-electron chi connectivity index (χ0n) is 21.3. The van der Waals surface area contributed by atoms with E-state index in [1.54, 1.807) is 0 Å². The van der Waals surface area contributed by atoms with Crippen molar-refractivity contribution in [2.24, 2.45) is 0 Å². The third-order valence-corrected chi connectivity index (χ3v) is 6.87. The molecule has 190 valence electrons. The van der Waals surface area contributed by atoms with E-state index in [9.17, 15) is 15.0 Å². The number of hydrogen-bond donors (Lipinski definition) is 2. The first-order valence-electron chi connectivity index (χ1n) is 13.4. The summed E-state index contributed by atoms with van der Waals surface area (Å²) < 4.78 is 4.99. The first kappa shape index (κ1) is 29.6. The molecule has 5 heteroatoms. The molecule has 0 saturated heterocycles. The average molecular weight is 483 g/mol. The summed E-state index contributed by atoms with van der Waals surface area (Å²) in [5.41, 5.74) is 2.98. The summed E-state index contributed by atoms with van der Waals surface area (Å²) in [5, 5.41) is 20.6. The number of hydrogen-bond acceptors (Lipinski definition) is 3. The van der Waals surface area contributed by atoms with Gasteiger partial charge in [-0.3, -0.25) is 0 Å². The number of benzene rings is 1. The maximum absolute atomic E-state index is 11.3. The zero-order chi connectivity index (χ0) is 24.5. The van der Waals surface area contributed by atoms with Crippen molar-refractivity contribution in [2.75, 3.05) is 0 Å². The summed E-state index contributed by atoms with van der Waals surface area (Å²) in [6.07, 6.45) is 18.3. The molecule has 0 aliphatic rings. The van der Waals surface area contributed by atoms with Gasteiger partial charge in [0.15, 0.2) is 11.5 Å². The van der Waals surface area contributed by atoms with Crippen molar-refractivity contribution in [3.05, 3.63) is 21.7 Å². The van der Waals surface area contributed by atoms with Crippen LogP contribution in [0.15, 0.2) is 0 Å². The van der Waals surface area contributed by atoms with Gasteiger partial charge in [0.05, 0.1) is 5.02 Å². The molecule has 0 aliphatic heterocycles. The molecular formula is C28H47ClO4. The maximum atomic E-state index is 11.3. The van der Waals surface area contributed by atoms with Gasteiger partial charge in [0.1, 0.15) is 0 Å². The van der Waals surface area contributed by atoms with Crippen LogP contribution in [0.3, 0.4) is 0 Å². The van der Waals surface area contributed by atoms with Crippen LogP contribution in [0.4, 0.5) is 4.79 Å². The van der Waals surface area contributed by atoms with E-state index in [1.807, 2.05) is 0 Å². The molecule has 0 fully saturated rings. The third-order valence-electron chi connectivity index (χ3n) is 6.47. The quantitative estimate of drug-likeness (QED) is 0.117. The van der Waals surface area contributed by atoms with Crippen molar-refractivity contribution in [2.45, 2.75) is 136 Å². The molecule has 33 heavy (non-hydrogen) atoms. The molecule has 0 heterocycles. The van der Waals surface area contributed by atoms with Crippen LogP contribution >= 0.6 is 11.6 Å². The Labute approximate surface area is 207 Å². The van der Waals surface area contributed by atoms with E-state index in [4.69, 9.17) is 16.3 Å². The van der Waals surface area contributed by atoms with E-state index in [-0.39, 0.29) is 16.5 Å². The van der Waals surface area contributed by atoms with Gasteiger partial charge in [-0.05, 0) is 49.7 Å². The first-order chi connectivity index (χ1) is 16.0. The average Bonchev–Trinajstić information content (AvgIpc) is 2.79. The van der Waals surface area contributed by atoms with Crippen LogP contribution in [0, 0.1) is 0 Å². The Morgan fingerprint density at radius 2 is 1.06 bits per heavy atom. The summed E-state index contributed by atoms with van der Waals surface area (Å²) in [7, 11) is 0. The zero-order valence-corrected chi connectivity index (χ0v) is 22.1. The molecule has 4 nitrogen and oxygen atoms in total. The van der Waals surface area contributed by atoms with Crippen molar-refractivity contribution >= 4 is 17.8 Å². The van der Waals surface area contributed by atoms with Gasteiger partial charge in [0.25, 0.3) is 0 Å². The molecule has 1 aromatic carbocycles. The van der Waals surface area contributed by atoms with Gasteiger partial charge in [-0.25, -0.2) is 4.79 Å². The molecular weight excluding hydrogens is 436 g/mol. The van der Waals surface area contributed by atoms with Crippen molar-refractivity contribution < 1.29 is 19.7 Å². The number of halogens is 1. The van der Waals surface area contributed by atoms with E-state index in [2.05, 4.69) is 20.8 Å². The first-order valence-corrected chi connectivity index (χ1v) is 13.8. The summed E-state index contributed by atoms with van der Waals surface area (Å²) in [5.74, 6) is -0.151. The number of ether oxygens (including phenoxy) is 1. The number of carbonyl (C=O) groups is 1. The highest BCUT2D eigenvalue weighted by molar-refractivity contribution is 6.33. The number of phenolic OH excluding ortho intramolecular Hbond substituents is 1. The van der Waals surface area contributed by atoms with Crippen molar-refractivity contribution in [1.29, 1.82) is 0 Å². The van der Waals surface area contributed by atoms with Gasteiger partial charge in [-0.15, -0.1) is 0 Å². The molecule has 2 N–H and O–H groups in total. The normalized spacial score (nSPS) is 11.2. The number of rotatable bonds is 19. The minimum absolute atomic E-state index is 0.0730. The van der Waals surface area contributed by atoms with Crippen LogP contribution in [-0.4, -0.2) is 16.4 Å². The van der Waals surface area contributed by atoms with Crippen LogP contribution in [0.25, 0.3) is 0 Å². The van der Waals surface area contributed by atoms with Crippen LogP contribution in [0.2, 0.25) is 5.02 Å². The Hall–Kier alpha value is -1.42. The number of unbranched alkanes of at least 4 members (excludes halogenated alkanes) is 12. The molecule has 0 aromatic heterocycles. The highest BCUT2D eigenvalue weighted by atomic mass is 35.5. The minimum Gasteiger partial charge on any atom is -0.504 e. The molecule has 0 bridgehead atoms. The van der Waals surface area contributed by atoms with E-state index in [0.29, 0.717) is 0 Å². The van der Waals surface area contributed by atoms with Crippen molar-refractivity contribution in [3.8, 4) is 11.5 Å². The Bertz CT molecular complexity index is 646.